The van der Waals surface area contributed by atoms with E-state index in [1.807, 2.05) is 13.0 Å². The average Bonchev–Trinajstić information content (AvgIpc) is 2.75. The van der Waals surface area contributed by atoms with Gasteiger partial charge in [0.1, 0.15) is 11.6 Å². The summed E-state index contributed by atoms with van der Waals surface area (Å²) in [7, 11) is 0. The molecule has 0 radical (unpaired) electrons. The van der Waals surface area contributed by atoms with Gasteiger partial charge in [-0.05, 0) is 61.0 Å². The molecule has 0 saturated carbocycles. The molecule has 0 bridgehead atoms. The van der Waals surface area contributed by atoms with Crippen LogP contribution in [-0.2, 0) is 9.59 Å². The molecule has 3 aromatic rings. The number of hydrazone groups is 1. The molecule has 2 amide bonds. The molecule has 0 saturated heterocycles. The topological polar surface area (TPSA) is 96.9 Å². The molecule has 0 aliphatic carbocycles. The lowest BCUT2D eigenvalue weighted by molar-refractivity contribution is -0.136. The predicted molar refractivity (Wildman–Crippen MR) is 113 cm³/mol. The molecule has 0 atom stereocenters. The number of nitrogens with zero attached hydrogens (tertiary/aromatic N) is 1. The molecule has 8 heteroatoms. The molecule has 156 valence electrons. The maximum Gasteiger partial charge on any atom is 0.343 e. The zero-order chi connectivity index (χ0) is 22.2. The summed E-state index contributed by atoms with van der Waals surface area (Å²) in [5.41, 5.74) is 4.27. The van der Waals surface area contributed by atoms with E-state index in [4.69, 9.17) is 4.74 Å². The second-order valence-electron chi connectivity index (χ2n) is 6.49. The van der Waals surface area contributed by atoms with Gasteiger partial charge in [-0.1, -0.05) is 29.8 Å². The summed E-state index contributed by atoms with van der Waals surface area (Å²) < 4.78 is 18.2. The number of esters is 1. The Kier molecular flexibility index (Phi) is 6.85. The maximum atomic E-state index is 12.9. The van der Waals surface area contributed by atoms with Crippen LogP contribution in [0, 0.1) is 12.7 Å². The molecule has 7 nitrogen and oxygen atoms in total. The third kappa shape index (κ3) is 6.33. The Bertz CT molecular complexity index is 1140. The molecule has 0 aliphatic heterocycles. The van der Waals surface area contributed by atoms with Gasteiger partial charge in [0.15, 0.2) is 0 Å². The fourth-order valence-corrected chi connectivity index (χ4v) is 2.53. The molecule has 3 aromatic carbocycles. The lowest BCUT2D eigenvalue weighted by Crippen LogP contribution is -2.32. The molecule has 0 unspecified atom stereocenters. The van der Waals surface area contributed by atoms with Gasteiger partial charge >= 0.3 is 17.8 Å². The van der Waals surface area contributed by atoms with Crippen LogP contribution in [0.3, 0.4) is 0 Å². The van der Waals surface area contributed by atoms with Crippen molar-refractivity contribution in [3.05, 3.63) is 95.3 Å². The minimum atomic E-state index is -0.998. The average molecular weight is 419 g/mol. The molecule has 0 spiro atoms. The molecule has 31 heavy (non-hydrogen) atoms. The van der Waals surface area contributed by atoms with Gasteiger partial charge < -0.3 is 10.1 Å². The Balaban J connectivity index is 1.56. The first kappa shape index (κ1) is 21.4. The normalized spacial score (nSPS) is 10.5. The lowest BCUT2D eigenvalue weighted by atomic mass is 10.1. The second-order valence-corrected chi connectivity index (χ2v) is 6.49. The number of carbonyl (C=O) groups excluding carboxylic acids is 3. The third-order valence-corrected chi connectivity index (χ3v) is 4.01. The van der Waals surface area contributed by atoms with Crippen molar-refractivity contribution in [1.82, 2.24) is 5.43 Å². The van der Waals surface area contributed by atoms with E-state index in [9.17, 15) is 18.8 Å². The Morgan fingerprint density at radius 2 is 1.68 bits per heavy atom. The van der Waals surface area contributed by atoms with Crippen molar-refractivity contribution in [3.63, 3.8) is 0 Å². The Labute approximate surface area is 177 Å². The maximum absolute atomic E-state index is 12.9. The van der Waals surface area contributed by atoms with Crippen molar-refractivity contribution in [1.29, 1.82) is 0 Å². The fourth-order valence-electron chi connectivity index (χ4n) is 2.53. The summed E-state index contributed by atoms with van der Waals surface area (Å²) >= 11 is 0. The predicted octanol–water partition coefficient (Wildman–Crippen LogP) is 3.44. The summed E-state index contributed by atoms with van der Waals surface area (Å²) in [4.78, 5) is 35.9. The van der Waals surface area contributed by atoms with E-state index in [-0.39, 0.29) is 5.69 Å². The zero-order valence-corrected chi connectivity index (χ0v) is 16.5. The van der Waals surface area contributed by atoms with Crippen LogP contribution in [0.15, 0.2) is 77.9 Å². The van der Waals surface area contributed by atoms with Gasteiger partial charge in [0.25, 0.3) is 0 Å². The second kappa shape index (κ2) is 9.93. The van der Waals surface area contributed by atoms with Crippen molar-refractivity contribution >= 4 is 29.7 Å². The Morgan fingerprint density at radius 1 is 0.935 bits per heavy atom. The summed E-state index contributed by atoms with van der Waals surface area (Å²) in [5, 5.41) is 6.04. The summed E-state index contributed by atoms with van der Waals surface area (Å²) in [6.45, 7) is 1.88. The number of carbonyl (C=O) groups is 3. The van der Waals surface area contributed by atoms with E-state index in [1.54, 1.807) is 42.5 Å². The minimum Gasteiger partial charge on any atom is -0.423 e. The SMILES string of the molecule is Cc1cccc(C(=O)Oc2cccc(/C=N/NC(=O)C(=O)Nc3ccc(F)cc3)c2)c1. The number of hydrogen-bond acceptors (Lipinski definition) is 5. The fraction of sp³-hybridized carbons (Fsp3) is 0.0435. The van der Waals surface area contributed by atoms with E-state index >= 15 is 0 Å². The molecule has 2 N–H and O–H groups in total. The molecule has 3 rings (SSSR count). The third-order valence-electron chi connectivity index (χ3n) is 4.01. The highest BCUT2D eigenvalue weighted by Crippen LogP contribution is 2.15. The van der Waals surface area contributed by atoms with E-state index < -0.39 is 23.6 Å². The first-order valence-electron chi connectivity index (χ1n) is 9.19. The van der Waals surface area contributed by atoms with Crippen molar-refractivity contribution in [2.45, 2.75) is 6.92 Å². The number of amides is 2. The van der Waals surface area contributed by atoms with E-state index in [1.165, 1.54) is 18.3 Å². The number of nitrogens with one attached hydrogen (secondary N) is 2. The van der Waals surface area contributed by atoms with Crippen molar-refractivity contribution in [2.24, 2.45) is 5.10 Å². The van der Waals surface area contributed by atoms with Crippen LogP contribution in [0.2, 0.25) is 0 Å². The number of hydrogen-bond donors (Lipinski definition) is 2. The van der Waals surface area contributed by atoms with Crippen LogP contribution in [0.25, 0.3) is 0 Å². The van der Waals surface area contributed by atoms with E-state index in [0.29, 0.717) is 16.9 Å². The van der Waals surface area contributed by atoms with Crippen LogP contribution < -0.4 is 15.5 Å². The Morgan fingerprint density at radius 3 is 2.42 bits per heavy atom. The first-order chi connectivity index (χ1) is 14.9. The van der Waals surface area contributed by atoms with Crippen LogP contribution in [0.4, 0.5) is 10.1 Å². The Hall–Kier alpha value is -4.33. The molecule has 0 heterocycles. The summed E-state index contributed by atoms with van der Waals surface area (Å²) in [6, 6.07) is 18.5. The van der Waals surface area contributed by atoms with Crippen LogP contribution >= 0.6 is 0 Å². The van der Waals surface area contributed by atoms with Crippen molar-refractivity contribution in [3.8, 4) is 5.75 Å². The number of aryl methyl sites for hydroxylation is 1. The largest absolute Gasteiger partial charge is 0.423 e. The minimum absolute atomic E-state index is 0.272. The number of benzene rings is 3. The van der Waals surface area contributed by atoms with Crippen LogP contribution in [0.1, 0.15) is 21.5 Å². The van der Waals surface area contributed by atoms with E-state index in [0.717, 1.165) is 17.7 Å². The number of rotatable bonds is 5. The highest BCUT2D eigenvalue weighted by molar-refractivity contribution is 6.39. The highest BCUT2D eigenvalue weighted by Gasteiger charge is 2.13. The zero-order valence-electron chi connectivity index (χ0n) is 16.5. The molecular formula is C23H18FN3O4. The number of ether oxygens (including phenoxy) is 1. The molecular weight excluding hydrogens is 401 g/mol. The monoisotopic (exact) mass is 419 g/mol. The van der Waals surface area contributed by atoms with Crippen LogP contribution in [0.5, 0.6) is 5.75 Å². The molecule has 0 fully saturated rings. The number of halogens is 1. The van der Waals surface area contributed by atoms with Crippen molar-refractivity contribution in [2.75, 3.05) is 5.32 Å². The standard InChI is InChI=1S/C23H18FN3O4/c1-15-4-2-6-17(12-15)23(30)31-20-7-3-5-16(13-20)14-25-27-22(29)21(28)26-19-10-8-18(24)9-11-19/h2-14H,1H3,(H,26,28)(H,27,29)/b25-14+. The van der Waals surface area contributed by atoms with E-state index in [2.05, 4.69) is 15.8 Å². The lowest BCUT2D eigenvalue weighted by Gasteiger charge is -2.06. The van der Waals surface area contributed by atoms with Crippen LogP contribution in [-0.4, -0.2) is 24.0 Å². The van der Waals surface area contributed by atoms with Crippen molar-refractivity contribution < 1.29 is 23.5 Å². The van der Waals surface area contributed by atoms with Gasteiger partial charge in [-0.3, -0.25) is 9.59 Å². The molecule has 0 aromatic heterocycles. The summed E-state index contributed by atoms with van der Waals surface area (Å²) in [5.74, 6) is -2.61. The molecule has 0 aliphatic rings. The smallest absolute Gasteiger partial charge is 0.343 e. The first-order valence-corrected chi connectivity index (χ1v) is 9.19. The van der Waals surface area contributed by atoms with Gasteiger partial charge in [-0.2, -0.15) is 5.10 Å². The van der Waals surface area contributed by atoms with Gasteiger partial charge in [0.2, 0.25) is 0 Å². The van der Waals surface area contributed by atoms with Gasteiger partial charge in [-0.25, -0.2) is 14.6 Å². The number of anilines is 1. The summed E-state index contributed by atoms with van der Waals surface area (Å²) in [6.07, 6.45) is 1.30. The quantitative estimate of drug-likeness (QED) is 0.218. The highest BCUT2D eigenvalue weighted by atomic mass is 19.1. The van der Waals surface area contributed by atoms with Gasteiger partial charge in [-0.15, -0.1) is 0 Å². The van der Waals surface area contributed by atoms with Gasteiger partial charge in [0.05, 0.1) is 11.8 Å². The van der Waals surface area contributed by atoms with Gasteiger partial charge in [0, 0.05) is 5.69 Å².